The van der Waals surface area contributed by atoms with Gasteiger partial charge >= 0.3 is 5.97 Å². The number of halogens is 2. The highest BCUT2D eigenvalue weighted by molar-refractivity contribution is 9.10. The Hall–Kier alpha value is -1.69. The van der Waals surface area contributed by atoms with E-state index in [2.05, 4.69) is 21.0 Å². The summed E-state index contributed by atoms with van der Waals surface area (Å²) >= 11 is 3.39. The van der Waals surface area contributed by atoms with Crippen LogP contribution in [0.1, 0.15) is 37.0 Å². The Morgan fingerprint density at radius 1 is 1.33 bits per heavy atom. The number of rotatable bonds is 2. The highest BCUT2D eigenvalue weighted by Gasteiger charge is 2.30. The Morgan fingerprint density at radius 2 is 1.95 bits per heavy atom. The minimum absolute atomic E-state index is 0.130. The van der Waals surface area contributed by atoms with E-state index < -0.39 is 11.8 Å². The van der Waals surface area contributed by atoms with Gasteiger partial charge in [0.1, 0.15) is 11.5 Å². The number of hydrogen-bond donors (Lipinski definition) is 0. The first-order valence-electron chi connectivity index (χ1n) is 6.39. The number of aromatic nitrogens is 2. The van der Waals surface area contributed by atoms with Crippen LogP contribution in [0, 0.1) is 5.82 Å². The Balaban J connectivity index is 2.77. The van der Waals surface area contributed by atoms with Crippen LogP contribution in [0.2, 0.25) is 0 Å². The van der Waals surface area contributed by atoms with Gasteiger partial charge in [0.15, 0.2) is 5.69 Å². The zero-order valence-electron chi connectivity index (χ0n) is 12.3. The second-order valence-corrected chi connectivity index (χ2v) is 6.41. The van der Waals surface area contributed by atoms with Crippen LogP contribution < -0.4 is 0 Å². The maximum atomic E-state index is 14.1. The molecule has 21 heavy (non-hydrogen) atoms. The van der Waals surface area contributed by atoms with Gasteiger partial charge in [0, 0.05) is 5.41 Å². The van der Waals surface area contributed by atoms with Crippen LogP contribution in [0.4, 0.5) is 4.39 Å². The van der Waals surface area contributed by atoms with Gasteiger partial charge < -0.3 is 4.74 Å². The summed E-state index contributed by atoms with van der Waals surface area (Å²) < 4.78 is 20.8. The third kappa shape index (κ3) is 2.85. The molecule has 0 atom stereocenters. The molecule has 0 bridgehead atoms. The van der Waals surface area contributed by atoms with Crippen molar-refractivity contribution >= 4 is 21.9 Å². The first-order valence-corrected chi connectivity index (χ1v) is 7.19. The molecule has 1 heterocycles. The highest BCUT2D eigenvalue weighted by Crippen LogP contribution is 2.34. The number of esters is 1. The molecular weight excluding hydrogens is 339 g/mol. The van der Waals surface area contributed by atoms with E-state index in [4.69, 9.17) is 4.74 Å². The summed E-state index contributed by atoms with van der Waals surface area (Å²) in [6.07, 6.45) is 0. The summed E-state index contributed by atoms with van der Waals surface area (Å²) in [5.74, 6) is -0.975. The summed E-state index contributed by atoms with van der Waals surface area (Å²) in [5, 5.41) is 4.23. The number of carbonyl (C=O) groups excluding carboxylic acids is 1. The molecule has 0 saturated carbocycles. The van der Waals surface area contributed by atoms with Crippen molar-refractivity contribution < 1.29 is 13.9 Å². The Kier molecular flexibility index (Phi) is 4.18. The van der Waals surface area contributed by atoms with E-state index in [1.165, 1.54) is 17.9 Å². The minimum atomic E-state index is -0.567. The summed E-state index contributed by atoms with van der Waals surface area (Å²) in [5.41, 5.74) is 0.775. The topological polar surface area (TPSA) is 44.1 Å². The lowest BCUT2D eigenvalue weighted by atomic mass is 9.91. The lowest BCUT2D eigenvalue weighted by Gasteiger charge is -2.21. The van der Waals surface area contributed by atoms with Crippen LogP contribution >= 0.6 is 15.9 Å². The first kappa shape index (κ1) is 15.7. The van der Waals surface area contributed by atoms with Gasteiger partial charge in [-0.3, -0.25) is 0 Å². The SMILES string of the molecule is COC(=O)c1nn(-c2ccccc2F)c(C(C)(C)C)c1Br. The van der Waals surface area contributed by atoms with Crippen LogP contribution in [0.3, 0.4) is 0 Å². The smallest absolute Gasteiger partial charge is 0.359 e. The average Bonchev–Trinajstić information content (AvgIpc) is 2.75. The van der Waals surface area contributed by atoms with Crippen molar-refractivity contribution in [1.29, 1.82) is 0 Å². The van der Waals surface area contributed by atoms with E-state index in [0.29, 0.717) is 15.9 Å². The van der Waals surface area contributed by atoms with Crippen molar-refractivity contribution in [3.05, 3.63) is 45.9 Å². The van der Waals surface area contributed by atoms with Gasteiger partial charge in [-0.05, 0) is 28.1 Å². The molecule has 0 fully saturated rings. The molecular formula is C15H16BrFN2O2. The number of nitrogens with zero attached hydrogens (tertiary/aromatic N) is 2. The van der Waals surface area contributed by atoms with Gasteiger partial charge in [0.05, 0.1) is 17.3 Å². The molecule has 0 saturated heterocycles. The van der Waals surface area contributed by atoms with Gasteiger partial charge in [0.25, 0.3) is 0 Å². The van der Waals surface area contributed by atoms with Crippen LogP contribution in [-0.4, -0.2) is 22.9 Å². The van der Waals surface area contributed by atoms with Crippen molar-refractivity contribution in [1.82, 2.24) is 9.78 Å². The zero-order chi connectivity index (χ0) is 15.8. The third-order valence-corrected chi connectivity index (χ3v) is 3.75. The van der Waals surface area contributed by atoms with Crippen LogP contribution in [0.25, 0.3) is 5.69 Å². The quantitative estimate of drug-likeness (QED) is 0.769. The Labute approximate surface area is 131 Å². The molecule has 0 amide bonds. The van der Waals surface area contributed by atoms with Crippen LogP contribution in [0.5, 0.6) is 0 Å². The lowest BCUT2D eigenvalue weighted by molar-refractivity contribution is 0.0592. The second-order valence-electron chi connectivity index (χ2n) is 5.62. The number of methoxy groups -OCH3 is 1. The maximum absolute atomic E-state index is 14.1. The van der Waals surface area contributed by atoms with Gasteiger partial charge in [-0.15, -0.1) is 0 Å². The molecule has 0 spiro atoms. The van der Waals surface area contributed by atoms with Gasteiger partial charge in [-0.25, -0.2) is 13.9 Å². The van der Waals surface area contributed by atoms with Crippen molar-refractivity contribution in [3.63, 3.8) is 0 Å². The van der Waals surface area contributed by atoms with E-state index in [1.807, 2.05) is 20.8 Å². The maximum Gasteiger partial charge on any atom is 0.359 e. The van der Waals surface area contributed by atoms with Gasteiger partial charge in [0.2, 0.25) is 0 Å². The first-order chi connectivity index (χ1) is 9.77. The molecule has 1 aromatic heterocycles. The van der Waals surface area contributed by atoms with Crippen molar-refractivity contribution in [2.75, 3.05) is 7.11 Å². The normalized spacial score (nSPS) is 11.5. The molecule has 0 radical (unpaired) electrons. The van der Waals surface area contributed by atoms with Crippen molar-refractivity contribution in [2.24, 2.45) is 0 Å². The van der Waals surface area contributed by atoms with E-state index >= 15 is 0 Å². The molecule has 112 valence electrons. The average molecular weight is 355 g/mol. The molecule has 4 nitrogen and oxygen atoms in total. The second kappa shape index (κ2) is 5.60. The lowest BCUT2D eigenvalue weighted by Crippen LogP contribution is -2.18. The molecule has 2 rings (SSSR count). The number of carbonyl (C=O) groups is 1. The molecule has 6 heteroatoms. The fourth-order valence-electron chi connectivity index (χ4n) is 2.07. The summed E-state index contributed by atoms with van der Waals surface area (Å²) in [6, 6.07) is 6.30. The molecule has 0 unspecified atom stereocenters. The number of hydrogen-bond acceptors (Lipinski definition) is 3. The Morgan fingerprint density at radius 3 is 2.48 bits per heavy atom. The highest BCUT2D eigenvalue weighted by atomic mass is 79.9. The molecule has 0 aliphatic carbocycles. The van der Waals surface area contributed by atoms with Gasteiger partial charge in [-0.2, -0.15) is 5.10 Å². The zero-order valence-corrected chi connectivity index (χ0v) is 13.9. The molecule has 0 N–H and O–H groups in total. The number of benzene rings is 1. The third-order valence-electron chi connectivity index (χ3n) is 3.00. The number of ether oxygens (including phenoxy) is 1. The minimum Gasteiger partial charge on any atom is -0.464 e. The molecule has 0 aliphatic rings. The summed E-state index contributed by atoms with van der Waals surface area (Å²) in [4.78, 5) is 11.8. The van der Waals surface area contributed by atoms with E-state index in [-0.39, 0.29) is 11.1 Å². The Bertz CT molecular complexity index is 689. The number of para-hydroxylation sites is 1. The van der Waals surface area contributed by atoms with Crippen molar-refractivity contribution in [3.8, 4) is 5.69 Å². The standard InChI is InChI=1S/C15H16BrFN2O2/c1-15(2,3)13-11(16)12(14(20)21-4)18-19(13)10-8-6-5-7-9(10)17/h5-8H,1-4H3. The predicted octanol–water partition coefficient (Wildman–Crippen LogP) is 3.86. The fraction of sp³-hybridized carbons (Fsp3) is 0.333. The summed E-state index contributed by atoms with van der Waals surface area (Å²) in [6.45, 7) is 5.90. The van der Waals surface area contributed by atoms with E-state index in [1.54, 1.807) is 18.2 Å². The predicted molar refractivity (Wildman–Crippen MR) is 81.3 cm³/mol. The van der Waals surface area contributed by atoms with Crippen LogP contribution in [0.15, 0.2) is 28.7 Å². The fourth-order valence-corrected chi connectivity index (χ4v) is 3.07. The van der Waals surface area contributed by atoms with E-state index in [0.717, 1.165) is 0 Å². The molecule has 1 aromatic carbocycles. The summed E-state index contributed by atoms with van der Waals surface area (Å²) in [7, 11) is 1.29. The largest absolute Gasteiger partial charge is 0.464 e. The van der Waals surface area contributed by atoms with Gasteiger partial charge in [-0.1, -0.05) is 32.9 Å². The molecule has 0 aliphatic heterocycles. The van der Waals surface area contributed by atoms with Crippen molar-refractivity contribution in [2.45, 2.75) is 26.2 Å². The monoisotopic (exact) mass is 354 g/mol. The molecule has 2 aromatic rings. The van der Waals surface area contributed by atoms with Crippen LogP contribution in [-0.2, 0) is 10.2 Å². The van der Waals surface area contributed by atoms with E-state index in [9.17, 15) is 9.18 Å².